The van der Waals surface area contributed by atoms with Crippen LogP contribution in [-0.2, 0) is 0 Å². The van der Waals surface area contributed by atoms with Gasteiger partial charge in [-0.1, -0.05) is 0 Å². The van der Waals surface area contributed by atoms with E-state index in [9.17, 15) is 0 Å². The lowest BCUT2D eigenvalue weighted by molar-refractivity contribution is 0.203. The zero-order chi connectivity index (χ0) is 13.7. The first-order chi connectivity index (χ1) is 9.26. The van der Waals surface area contributed by atoms with E-state index in [1.807, 2.05) is 0 Å². The molecule has 0 aliphatic carbocycles. The molecule has 2 heterocycles. The Morgan fingerprint density at radius 1 is 1.11 bits per heavy atom. The second-order valence-corrected chi connectivity index (χ2v) is 4.43. The van der Waals surface area contributed by atoms with Crippen molar-refractivity contribution in [1.82, 2.24) is 15.0 Å². The molecule has 0 spiro atoms. The van der Waals surface area contributed by atoms with Crippen molar-refractivity contribution in [2.45, 2.75) is 18.9 Å². The highest BCUT2D eigenvalue weighted by atomic mass is 16.3. The number of aliphatic hydroxyl groups is 2. The van der Waals surface area contributed by atoms with E-state index in [4.69, 9.17) is 10.2 Å². The minimum Gasteiger partial charge on any atom is -0.394 e. The number of nitrogens with one attached hydrogen (secondary N) is 2. The van der Waals surface area contributed by atoms with E-state index in [-0.39, 0.29) is 13.2 Å². The van der Waals surface area contributed by atoms with Crippen LogP contribution in [0.1, 0.15) is 12.8 Å². The third-order valence-corrected chi connectivity index (χ3v) is 3.01. The van der Waals surface area contributed by atoms with Crippen molar-refractivity contribution in [2.75, 3.05) is 48.9 Å². The normalized spacial score (nSPS) is 15.1. The molecule has 1 aliphatic heterocycles. The highest BCUT2D eigenvalue weighted by Gasteiger charge is 2.18. The van der Waals surface area contributed by atoms with E-state index in [0.717, 1.165) is 25.9 Å². The molecule has 4 N–H and O–H groups in total. The van der Waals surface area contributed by atoms with Crippen molar-refractivity contribution in [1.29, 1.82) is 0 Å². The number of aromatic nitrogens is 3. The van der Waals surface area contributed by atoms with E-state index in [1.165, 1.54) is 0 Å². The zero-order valence-corrected chi connectivity index (χ0v) is 11.0. The third kappa shape index (κ3) is 3.42. The van der Waals surface area contributed by atoms with Crippen LogP contribution in [0.5, 0.6) is 0 Å². The molecule has 8 nitrogen and oxygen atoms in total. The Labute approximate surface area is 111 Å². The number of rotatable bonds is 6. The van der Waals surface area contributed by atoms with Crippen molar-refractivity contribution < 1.29 is 10.2 Å². The molecule has 0 radical (unpaired) electrons. The maximum atomic E-state index is 9.07. The fraction of sp³-hybridized carbons (Fsp3) is 0.727. The summed E-state index contributed by atoms with van der Waals surface area (Å²) in [4.78, 5) is 14.9. The Morgan fingerprint density at radius 2 is 1.74 bits per heavy atom. The molecule has 0 saturated carbocycles. The van der Waals surface area contributed by atoms with Crippen LogP contribution in [-0.4, -0.2) is 64.6 Å². The van der Waals surface area contributed by atoms with Gasteiger partial charge in [0, 0.05) is 20.1 Å². The molecule has 0 bridgehead atoms. The van der Waals surface area contributed by atoms with Gasteiger partial charge in [-0.05, 0) is 12.8 Å². The van der Waals surface area contributed by atoms with E-state index >= 15 is 0 Å². The lowest BCUT2D eigenvalue weighted by Gasteiger charge is -2.18. The molecule has 2 rings (SSSR count). The number of anilines is 3. The van der Waals surface area contributed by atoms with Crippen LogP contribution in [0, 0.1) is 0 Å². The van der Waals surface area contributed by atoms with E-state index in [1.54, 1.807) is 7.05 Å². The van der Waals surface area contributed by atoms with Gasteiger partial charge in [0.15, 0.2) is 0 Å². The fourth-order valence-electron chi connectivity index (χ4n) is 1.93. The van der Waals surface area contributed by atoms with E-state index < -0.39 is 6.04 Å². The molecule has 8 heteroatoms. The van der Waals surface area contributed by atoms with Crippen molar-refractivity contribution in [3.8, 4) is 0 Å². The molecule has 0 amide bonds. The maximum Gasteiger partial charge on any atom is 0.231 e. The summed E-state index contributed by atoms with van der Waals surface area (Å²) >= 11 is 0. The van der Waals surface area contributed by atoms with Gasteiger partial charge in [0.2, 0.25) is 17.8 Å². The number of hydrogen-bond acceptors (Lipinski definition) is 8. The van der Waals surface area contributed by atoms with Crippen molar-refractivity contribution >= 4 is 17.8 Å². The summed E-state index contributed by atoms with van der Waals surface area (Å²) in [5, 5.41) is 23.9. The molecule has 1 aliphatic rings. The SMILES string of the molecule is CNc1nc(NC(CO)CO)nc(N2CCCC2)n1. The van der Waals surface area contributed by atoms with Crippen LogP contribution in [0.3, 0.4) is 0 Å². The molecule has 0 unspecified atom stereocenters. The summed E-state index contributed by atoms with van der Waals surface area (Å²) in [6.07, 6.45) is 2.28. The van der Waals surface area contributed by atoms with Gasteiger partial charge in [0.05, 0.1) is 19.3 Å². The second-order valence-electron chi connectivity index (χ2n) is 4.43. The summed E-state index contributed by atoms with van der Waals surface area (Å²) in [6.45, 7) is 1.51. The third-order valence-electron chi connectivity index (χ3n) is 3.01. The van der Waals surface area contributed by atoms with Crippen molar-refractivity contribution in [2.24, 2.45) is 0 Å². The largest absolute Gasteiger partial charge is 0.394 e. The van der Waals surface area contributed by atoms with Gasteiger partial charge in [0.25, 0.3) is 0 Å². The number of aliphatic hydroxyl groups excluding tert-OH is 2. The summed E-state index contributed by atoms with van der Waals surface area (Å²) in [5.74, 6) is 1.44. The van der Waals surface area contributed by atoms with Gasteiger partial charge < -0.3 is 25.7 Å². The predicted octanol–water partition coefficient (Wildman–Crippen LogP) is -0.721. The molecule has 1 fully saturated rings. The lowest BCUT2D eigenvalue weighted by Crippen LogP contribution is -2.30. The fourth-order valence-corrected chi connectivity index (χ4v) is 1.93. The Kier molecular flexibility index (Phi) is 4.69. The van der Waals surface area contributed by atoms with Crippen LogP contribution < -0.4 is 15.5 Å². The zero-order valence-electron chi connectivity index (χ0n) is 11.0. The van der Waals surface area contributed by atoms with Gasteiger partial charge in [-0.25, -0.2) is 0 Å². The minimum absolute atomic E-state index is 0.184. The van der Waals surface area contributed by atoms with Crippen molar-refractivity contribution in [3.05, 3.63) is 0 Å². The molecule has 106 valence electrons. The Bertz CT molecular complexity index is 406. The highest BCUT2D eigenvalue weighted by molar-refractivity contribution is 5.44. The molecule has 0 atom stereocenters. The van der Waals surface area contributed by atoms with Crippen molar-refractivity contribution in [3.63, 3.8) is 0 Å². The molecule has 19 heavy (non-hydrogen) atoms. The van der Waals surface area contributed by atoms with E-state index in [0.29, 0.717) is 17.8 Å². The van der Waals surface area contributed by atoms with Crippen LogP contribution in [0.2, 0.25) is 0 Å². The quantitative estimate of drug-likeness (QED) is 0.535. The molecular formula is C11H20N6O2. The second kappa shape index (κ2) is 6.48. The van der Waals surface area contributed by atoms with Crippen LogP contribution >= 0.6 is 0 Å². The van der Waals surface area contributed by atoms with Gasteiger partial charge in [-0.2, -0.15) is 15.0 Å². The number of hydrogen-bond donors (Lipinski definition) is 4. The molecular weight excluding hydrogens is 248 g/mol. The summed E-state index contributed by atoms with van der Waals surface area (Å²) in [5.41, 5.74) is 0. The van der Waals surface area contributed by atoms with Crippen LogP contribution in [0.25, 0.3) is 0 Å². The summed E-state index contributed by atoms with van der Waals surface area (Å²) < 4.78 is 0. The summed E-state index contributed by atoms with van der Waals surface area (Å²) in [6, 6.07) is -0.474. The lowest BCUT2D eigenvalue weighted by atomic mass is 10.3. The van der Waals surface area contributed by atoms with E-state index in [2.05, 4.69) is 30.5 Å². The average Bonchev–Trinajstić information content (AvgIpc) is 2.98. The highest BCUT2D eigenvalue weighted by Crippen LogP contribution is 2.18. The topological polar surface area (TPSA) is 106 Å². The predicted molar refractivity (Wildman–Crippen MR) is 72.4 cm³/mol. The average molecular weight is 268 g/mol. The first-order valence-electron chi connectivity index (χ1n) is 6.44. The van der Waals surface area contributed by atoms with Gasteiger partial charge in [0.1, 0.15) is 0 Å². The smallest absolute Gasteiger partial charge is 0.231 e. The maximum absolute atomic E-state index is 9.07. The number of nitrogens with zero attached hydrogens (tertiary/aromatic N) is 4. The Hall–Kier alpha value is -1.67. The Balaban J connectivity index is 2.19. The van der Waals surface area contributed by atoms with Crippen LogP contribution in [0.4, 0.5) is 17.8 Å². The monoisotopic (exact) mass is 268 g/mol. The van der Waals surface area contributed by atoms with Gasteiger partial charge in [-0.15, -0.1) is 0 Å². The minimum atomic E-state index is -0.474. The molecule has 1 saturated heterocycles. The first-order valence-corrected chi connectivity index (χ1v) is 6.44. The van der Waals surface area contributed by atoms with Gasteiger partial charge in [-0.3, -0.25) is 0 Å². The Morgan fingerprint density at radius 3 is 2.32 bits per heavy atom. The molecule has 1 aromatic rings. The molecule has 1 aromatic heterocycles. The van der Waals surface area contributed by atoms with Crippen LogP contribution in [0.15, 0.2) is 0 Å². The molecule has 0 aromatic carbocycles. The van der Waals surface area contributed by atoms with Gasteiger partial charge >= 0.3 is 0 Å². The summed E-state index contributed by atoms with van der Waals surface area (Å²) in [7, 11) is 1.74. The standard InChI is InChI=1S/C11H20N6O2/c1-12-9-14-10(13-8(6-18)7-19)16-11(15-9)17-4-2-3-5-17/h8,18-19H,2-7H2,1H3,(H2,12,13,14,15,16). The first kappa shape index (κ1) is 13.8.